The van der Waals surface area contributed by atoms with Gasteiger partial charge in [0.2, 0.25) is 11.9 Å². The van der Waals surface area contributed by atoms with Crippen LogP contribution in [0.5, 0.6) is 0 Å². The summed E-state index contributed by atoms with van der Waals surface area (Å²) in [6.07, 6.45) is 3.13. The average molecular weight is 228 g/mol. The minimum absolute atomic E-state index is 0.00702. The van der Waals surface area contributed by atoms with E-state index in [2.05, 4.69) is 15.3 Å². The second-order valence-electron chi connectivity index (χ2n) is 3.21. The molecule has 1 N–H and O–H groups in total. The van der Waals surface area contributed by atoms with E-state index < -0.39 is 0 Å². The van der Waals surface area contributed by atoms with Crippen molar-refractivity contribution in [2.75, 3.05) is 5.32 Å². The molecule has 4 nitrogen and oxygen atoms in total. The van der Waals surface area contributed by atoms with E-state index in [9.17, 15) is 4.79 Å². The van der Waals surface area contributed by atoms with E-state index in [1.807, 2.05) is 13.8 Å². The van der Waals surface area contributed by atoms with Gasteiger partial charge in [0.1, 0.15) is 5.15 Å². The van der Waals surface area contributed by atoms with Gasteiger partial charge in [-0.2, -0.15) is 0 Å². The number of hydrogen-bond donors (Lipinski definition) is 1. The molecule has 1 aromatic heterocycles. The molecule has 0 radical (unpaired) electrons. The highest BCUT2D eigenvalue weighted by atomic mass is 35.5. The highest BCUT2D eigenvalue weighted by molar-refractivity contribution is 6.29. The molecule has 1 aromatic rings. The largest absolute Gasteiger partial charge is 0.294 e. The van der Waals surface area contributed by atoms with Crippen LogP contribution in [0.1, 0.15) is 26.7 Å². The minimum Gasteiger partial charge on any atom is -0.294 e. The first-order valence-electron chi connectivity index (χ1n) is 4.96. The van der Waals surface area contributed by atoms with Gasteiger partial charge in [-0.15, -0.1) is 0 Å². The van der Waals surface area contributed by atoms with Gasteiger partial charge in [0, 0.05) is 12.1 Å². The fourth-order valence-electron chi connectivity index (χ4n) is 1.27. The SMILES string of the molecule is CCC(CC)C(=O)Nc1nccc(Cl)n1. The van der Waals surface area contributed by atoms with E-state index in [0.717, 1.165) is 12.8 Å². The first kappa shape index (κ1) is 11.9. The number of carbonyl (C=O) groups excluding carboxylic acids is 1. The van der Waals surface area contributed by atoms with Crippen LogP contribution in [-0.2, 0) is 4.79 Å². The Morgan fingerprint density at radius 1 is 1.53 bits per heavy atom. The molecule has 1 amide bonds. The summed E-state index contributed by atoms with van der Waals surface area (Å²) in [4.78, 5) is 19.4. The molecule has 0 aliphatic rings. The quantitative estimate of drug-likeness (QED) is 0.805. The molecular weight excluding hydrogens is 214 g/mol. The zero-order valence-electron chi connectivity index (χ0n) is 8.83. The molecule has 0 aliphatic carbocycles. The molecule has 0 fully saturated rings. The Balaban J connectivity index is 2.65. The molecule has 0 saturated carbocycles. The van der Waals surface area contributed by atoms with Crippen LogP contribution in [0.3, 0.4) is 0 Å². The average Bonchev–Trinajstić information content (AvgIpc) is 2.19. The third kappa shape index (κ3) is 3.47. The molecule has 15 heavy (non-hydrogen) atoms. The number of hydrogen-bond acceptors (Lipinski definition) is 3. The lowest BCUT2D eigenvalue weighted by molar-refractivity contribution is -0.120. The van der Waals surface area contributed by atoms with Gasteiger partial charge in [0.05, 0.1) is 0 Å². The van der Waals surface area contributed by atoms with Crippen molar-refractivity contribution < 1.29 is 4.79 Å². The molecule has 1 rings (SSSR count). The van der Waals surface area contributed by atoms with Crippen molar-refractivity contribution in [3.05, 3.63) is 17.4 Å². The van der Waals surface area contributed by atoms with E-state index in [1.54, 1.807) is 6.07 Å². The van der Waals surface area contributed by atoms with Gasteiger partial charge < -0.3 is 0 Å². The molecule has 5 heteroatoms. The number of aromatic nitrogens is 2. The number of carbonyl (C=O) groups is 1. The topological polar surface area (TPSA) is 54.9 Å². The predicted molar refractivity (Wildman–Crippen MR) is 59.7 cm³/mol. The van der Waals surface area contributed by atoms with Gasteiger partial charge in [-0.25, -0.2) is 9.97 Å². The molecule has 0 saturated heterocycles. The number of rotatable bonds is 4. The van der Waals surface area contributed by atoms with Gasteiger partial charge in [0.15, 0.2) is 0 Å². The minimum atomic E-state index is -0.0535. The Bertz CT molecular complexity index is 339. The van der Waals surface area contributed by atoms with Crippen LogP contribution in [0.2, 0.25) is 5.15 Å². The van der Waals surface area contributed by atoms with E-state index in [4.69, 9.17) is 11.6 Å². The lowest BCUT2D eigenvalue weighted by Gasteiger charge is -2.11. The number of halogens is 1. The zero-order valence-corrected chi connectivity index (χ0v) is 9.58. The van der Waals surface area contributed by atoms with Crippen molar-refractivity contribution in [2.24, 2.45) is 5.92 Å². The van der Waals surface area contributed by atoms with Gasteiger partial charge >= 0.3 is 0 Å². The fraction of sp³-hybridized carbons (Fsp3) is 0.500. The number of amides is 1. The van der Waals surface area contributed by atoms with Crippen molar-refractivity contribution in [3.63, 3.8) is 0 Å². The molecular formula is C10H14ClN3O. The summed E-state index contributed by atoms with van der Waals surface area (Å²) >= 11 is 5.67. The summed E-state index contributed by atoms with van der Waals surface area (Å²) < 4.78 is 0. The summed E-state index contributed by atoms with van der Waals surface area (Å²) in [5.41, 5.74) is 0. The van der Waals surface area contributed by atoms with Crippen molar-refractivity contribution >= 4 is 23.5 Å². The van der Waals surface area contributed by atoms with Crippen LogP contribution < -0.4 is 5.32 Å². The standard InChI is InChI=1S/C10H14ClN3O/c1-3-7(4-2)9(15)14-10-12-6-5-8(11)13-10/h5-7H,3-4H2,1-2H3,(H,12,13,14,15). The van der Waals surface area contributed by atoms with Gasteiger partial charge in [-0.1, -0.05) is 25.4 Å². The van der Waals surface area contributed by atoms with Crippen LogP contribution in [0.25, 0.3) is 0 Å². The van der Waals surface area contributed by atoms with Crippen molar-refractivity contribution in [1.82, 2.24) is 9.97 Å². The predicted octanol–water partition coefficient (Wildman–Crippen LogP) is 2.50. The van der Waals surface area contributed by atoms with Crippen LogP contribution in [0.15, 0.2) is 12.3 Å². The number of nitrogens with one attached hydrogen (secondary N) is 1. The van der Waals surface area contributed by atoms with Gasteiger partial charge in [-0.3, -0.25) is 10.1 Å². The maximum atomic E-state index is 11.7. The summed E-state index contributed by atoms with van der Waals surface area (Å²) in [7, 11) is 0. The molecule has 0 aliphatic heterocycles. The number of nitrogens with zero attached hydrogens (tertiary/aromatic N) is 2. The van der Waals surface area contributed by atoms with Gasteiger partial charge in [-0.05, 0) is 18.9 Å². The highest BCUT2D eigenvalue weighted by Gasteiger charge is 2.14. The number of anilines is 1. The molecule has 82 valence electrons. The second-order valence-corrected chi connectivity index (χ2v) is 3.59. The summed E-state index contributed by atoms with van der Waals surface area (Å²) in [6, 6.07) is 1.56. The fourth-order valence-corrected chi connectivity index (χ4v) is 1.41. The van der Waals surface area contributed by atoms with Crippen LogP contribution >= 0.6 is 11.6 Å². The molecule has 0 bridgehead atoms. The van der Waals surface area contributed by atoms with E-state index >= 15 is 0 Å². The first-order valence-corrected chi connectivity index (χ1v) is 5.34. The van der Waals surface area contributed by atoms with Gasteiger partial charge in [0.25, 0.3) is 0 Å². The van der Waals surface area contributed by atoms with Crippen molar-refractivity contribution in [3.8, 4) is 0 Å². The Kier molecular flexibility index (Phi) is 4.49. The molecule has 1 heterocycles. The lowest BCUT2D eigenvalue weighted by Crippen LogP contribution is -2.22. The summed E-state index contributed by atoms with van der Waals surface area (Å²) in [5.74, 6) is 0.217. The van der Waals surface area contributed by atoms with E-state index in [-0.39, 0.29) is 17.8 Å². The molecule has 0 atom stereocenters. The first-order chi connectivity index (χ1) is 7.17. The van der Waals surface area contributed by atoms with Crippen LogP contribution in [0.4, 0.5) is 5.95 Å². The van der Waals surface area contributed by atoms with Crippen molar-refractivity contribution in [2.45, 2.75) is 26.7 Å². The Morgan fingerprint density at radius 3 is 2.73 bits per heavy atom. The van der Waals surface area contributed by atoms with Crippen molar-refractivity contribution in [1.29, 1.82) is 0 Å². The van der Waals surface area contributed by atoms with E-state index in [1.165, 1.54) is 6.20 Å². The smallest absolute Gasteiger partial charge is 0.230 e. The zero-order chi connectivity index (χ0) is 11.3. The second kappa shape index (κ2) is 5.66. The monoisotopic (exact) mass is 227 g/mol. The third-order valence-electron chi connectivity index (χ3n) is 2.21. The Hall–Kier alpha value is -1.16. The normalized spacial score (nSPS) is 10.4. The maximum Gasteiger partial charge on any atom is 0.230 e. The van der Waals surface area contributed by atoms with Crippen LogP contribution in [0, 0.1) is 5.92 Å². The molecule has 0 unspecified atom stereocenters. The maximum absolute atomic E-state index is 11.7. The molecule has 0 spiro atoms. The summed E-state index contributed by atoms with van der Waals surface area (Å²) in [5, 5.41) is 2.96. The molecule has 0 aromatic carbocycles. The Labute approximate surface area is 94.1 Å². The lowest BCUT2D eigenvalue weighted by atomic mass is 10.0. The highest BCUT2D eigenvalue weighted by Crippen LogP contribution is 2.11. The van der Waals surface area contributed by atoms with E-state index in [0.29, 0.717) is 5.15 Å². The van der Waals surface area contributed by atoms with Crippen LogP contribution in [-0.4, -0.2) is 15.9 Å². The third-order valence-corrected chi connectivity index (χ3v) is 2.42. The Morgan fingerprint density at radius 2 is 2.20 bits per heavy atom. The summed E-state index contributed by atoms with van der Waals surface area (Å²) in [6.45, 7) is 3.96.